The monoisotopic (exact) mass is 191 g/mol. The van der Waals surface area contributed by atoms with Gasteiger partial charge < -0.3 is 5.73 Å². The van der Waals surface area contributed by atoms with Crippen molar-refractivity contribution in [1.82, 2.24) is 10.9 Å². The molecule has 3 atom stereocenters. The summed E-state index contributed by atoms with van der Waals surface area (Å²) in [5, 5.41) is 0. The van der Waals surface area contributed by atoms with E-state index in [2.05, 4.69) is 42.0 Å². The molecule has 14 heavy (non-hydrogen) atoms. The molecule has 3 unspecified atom stereocenters. The Balaban J connectivity index is 2.23. The standard InChI is InChI=1S/C11H17N3/c1-2-9-10(11(12)14-13-9)8-6-4-3-5-7-8/h3-7,9-11,13-14H,2,12H2,1H3. The maximum Gasteiger partial charge on any atom is 0.0764 e. The zero-order valence-electron chi connectivity index (χ0n) is 8.40. The van der Waals surface area contributed by atoms with E-state index in [1.807, 2.05) is 6.07 Å². The van der Waals surface area contributed by atoms with Gasteiger partial charge >= 0.3 is 0 Å². The highest BCUT2D eigenvalue weighted by molar-refractivity contribution is 5.24. The lowest BCUT2D eigenvalue weighted by Crippen LogP contribution is -2.38. The van der Waals surface area contributed by atoms with Gasteiger partial charge in [-0.05, 0) is 12.0 Å². The second-order valence-electron chi connectivity index (χ2n) is 3.77. The van der Waals surface area contributed by atoms with E-state index in [1.165, 1.54) is 5.56 Å². The Morgan fingerprint density at radius 3 is 2.57 bits per heavy atom. The van der Waals surface area contributed by atoms with Crippen molar-refractivity contribution in [2.24, 2.45) is 5.73 Å². The van der Waals surface area contributed by atoms with Gasteiger partial charge in [0.25, 0.3) is 0 Å². The molecule has 2 rings (SSSR count). The van der Waals surface area contributed by atoms with Crippen LogP contribution in [0.2, 0.25) is 0 Å². The zero-order valence-corrected chi connectivity index (χ0v) is 8.40. The third kappa shape index (κ3) is 1.66. The molecular weight excluding hydrogens is 174 g/mol. The molecule has 0 saturated carbocycles. The lowest BCUT2D eigenvalue weighted by atomic mass is 9.89. The maximum atomic E-state index is 6.00. The van der Waals surface area contributed by atoms with Crippen molar-refractivity contribution in [3.05, 3.63) is 35.9 Å². The third-order valence-corrected chi connectivity index (χ3v) is 2.88. The molecule has 0 amide bonds. The van der Waals surface area contributed by atoms with Gasteiger partial charge in [0.2, 0.25) is 0 Å². The molecule has 1 aromatic carbocycles. The molecular formula is C11H17N3. The summed E-state index contributed by atoms with van der Waals surface area (Å²) in [6, 6.07) is 10.9. The zero-order chi connectivity index (χ0) is 9.97. The molecule has 0 aromatic heterocycles. The van der Waals surface area contributed by atoms with Crippen molar-refractivity contribution in [2.45, 2.75) is 31.5 Å². The SMILES string of the molecule is CCC1NNC(N)C1c1ccccc1. The minimum absolute atomic E-state index is 0.0161. The summed E-state index contributed by atoms with van der Waals surface area (Å²) in [6.07, 6.45) is 1.10. The van der Waals surface area contributed by atoms with Crippen LogP contribution in [-0.2, 0) is 0 Å². The Kier molecular flexibility index (Phi) is 2.82. The molecule has 4 N–H and O–H groups in total. The molecule has 1 aliphatic rings. The smallest absolute Gasteiger partial charge is 0.0764 e. The summed E-state index contributed by atoms with van der Waals surface area (Å²) in [6.45, 7) is 2.17. The lowest BCUT2D eigenvalue weighted by molar-refractivity contribution is 0.511. The molecule has 0 aliphatic carbocycles. The number of rotatable bonds is 2. The largest absolute Gasteiger partial charge is 0.314 e. The molecule has 76 valence electrons. The van der Waals surface area contributed by atoms with Crippen molar-refractivity contribution < 1.29 is 0 Å². The van der Waals surface area contributed by atoms with Gasteiger partial charge in [0, 0.05) is 12.0 Å². The predicted molar refractivity (Wildman–Crippen MR) is 57.5 cm³/mol. The Morgan fingerprint density at radius 1 is 1.21 bits per heavy atom. The van der Waals surface area contributed by atoms with E-state index in [0.717, 1.165) is 6.42 Å². The van der Waals surface area contributed by atoms with Gasteiger partial charge in [-0.2, -0.15) is 0 Å². The predicted octanol–water partition coefficient (Wildman–Crippen LogP) is 0.941. The average Bonchev–Trinajstić information content (AvgIpc) is 2.61. The van der Waals surface area contributed by atoms with E-state index >= 15 is 0 Å². The van der Waals surface area contributed by atoms with Gasteiger partial charge in [0.15, 0.2) is 0 Å². The van der Waals surface area contributed by atoms with Crippen LogP contribution in [-0.4, -0.2) is 12.2 Å². The number of benzene rings is 1. The Morgan fingerprint density at radius 2 is 1.93 bits per heavy atom. The van der Waals surface area contributed by atoms with E-state index in [1.54, 1.807) is 0 Å². The summed E-state index contributed by atoms with van der Waals surface area (Å²) in [4.78, 5) is 0. The van der Waals surface area contributed by atoms with Gasteiger partial charge in [-0.15, -0.1) is 0 Å². The van der Waals surface area contributed by atoms with Crippen LogP contribution in [0.4, 0.5) is 0 Å². The van der Waals surface area contributed by atoms with Gasteiger partial charge in [-0.25, -0.2) is 5.43 Å². The molecule has 0 bridgehead atoms. The first-order chi connectivity index (χ1) is 6.83. The maximum absolute atomic E-state index is 6.00. The van der Waals surface area contributed by atoms with Gasteiger partial charge in [-0.1, -0.05) is 37.3 Å². The van der Waals surface area contributed by atoms with E-state index < -0.39 is 0 Å². The van der Waals surface area contributed by atoms with Gasteiger partial charge in [0.1, 0.15) is 0 Å². The second kappa shape index (κ2) is 4.09. The minimum Gasteiger partial charge on any atom is -0.314 e. The quantitative estimate of drug-likeness (QED) is 0.652. The van der Waals surface area contributed by atoms with Crippen LogP contribution in [0.15, 0.2) is 30.3 Å². The Labute approximate surface area is 84.7 Å². The molecule has 1 aromatic rings. The first-order valence-corrected chi connectivity index (χ1v) is 5.14. The topological polar surface area (TPSA) is 50.1 Å². The minimum atomic E-state index is 0.0161. The van der Waals surface area contributed by atoms with Crippen LogP contribution in [0, 0.1) is 0 Å². The summed E-state index contributed by atoms with van der Waals surface area (Å²) >= 11 is 0. The van der Waals surface area contributed by atoms with E-state index in [9.17, 15) is 0 Å². The molecule has 0 spiro atoms. The van der Waals surface area contributed by atoms with Crippen LogP contribution in [0.3, 0.4) is 0 Å². The van der Waals surface area contributed by atoms with Crippen molar-refractivity contribution in [3.63, 3.8) is 0 Å². The molecule has 3 heteroatoms. The highest BCUT2D eigenvalue weighted by Crippen LogP contribution is 2.26. The van der Waals surface area contributed by atoms with Gasteiger partial charge in [-0.3, -0.25) is 5.43 Å². The summed E-state index contributed by atoms with van der Waals surface area (Å²) in [5.41, 5.74) is 13.6. The lowest BCUT2D eigenvalue weighted by Gasteiger charge is -2.19. The number of hydrazine groups is 1. The molecule has 1 fully saturated rings. The van der Waals surface area contributed by atoms with Crippen LogP contribution in [0.25, 0.3) is 0 Å². The van der Waals surface area contributed by atoms with Crippen molar-refractivity contribution in [1.29, 1.82) is 0 Å². The molecule has 1 aliphatic heterocycles. The summed E-state index contributed by atoms with van der Waals surface area (Å²) in [5.74, 6) is 0.376. The van der Waals surface area contributed by atoms with Crippen LogP contribution < -0.4 is 16.6 Å². The fraction of sp³-hybridized carbons (Fsp3) is 0.455. The summed E-state index contributed by atoms with van der Waals surface area (Å²) in [7, 11) is 0. The second-order valence-corrected chi connectivity index (χ2v) is 3.77. The fourth-order valence-electron chi connectivity index (χ4n) is 2.10. The number of nitrogens with two attached hydrogens (primary N) is 1. The normalized spacial score (nSPS) is 32.0. The summed E-state index contributed by atoms with van der Waals surface area (Å²) < 4.78 is 0. The first kappa shape index (κ1) is 9.65. The average molecular weight is 191 g/mol. The highest BCUT2D eigenvalue weighted by atomic mass is 15.4. The van der Waals surface area contributed by atoms with Crippen molar-refractivity contribution in [3.8, 4) is 0 Å². The van der Waals surface area contributed by atoms with E-state index in [0.29, 0.717) is 12.0 Å². The highest BCUT2D eigenvalue weighted by Gasteiger charge is 2.33. The number of hydrogen-bond donors (Lipinski definition) is 3. The molecule has 1 saturated heterocycles. The van der Waals surface area contributed by atoms with Crippen molar-refractivity contribution in [2.75, 3.05) is 0 Å². The number of hydrogen-bond acceptors (Lipinski definition) is 3. The Hall–Kier alpha value is -0.900. The van der Waals surface area contributed by atoms with Crippen molar-refractivity contribution >= 4 is 0 Å². The third-order valence-electron chi connectivity index (χ3n) is 2.88. The first-order valence-electron chi connectivity index (χ1n) is 5.14. The fourth-order valence-corrected chi connectivity index (χ4v) is 2.10. The van der Waals surface area contributed by atoms with Crippen LogP contribution in [0.5, 0.6) is 0 Å². The number of nitrogens with one attached hydrogen (secondary N) is 2. The van der Waals surface area contributed by atoms with E-state index in [-0.39, 0.29) is 6.17 Å². The van der Waals surface area contributed by atoms with Gasteiger partial charge in [0.05, 0.1) is 6.17 Å². The molecule has 0 radical (unpaired) electrons. The molecule has 1 heterocycles. The molecule has 3 nitrogen and oxygen atoms in total. The van der Waals surface area contributed by atoms with Crippen LogP contribution >= 0.6 is 0 Å². The Bertz CT molecular complexity index is 286. The van der Waals surface area contributed by atoms with E-state index in [4.69, 9.17) is 5.73 Å². The van der Waals surface area contributed by atoms with Crippen LogP contribution in [0.1, 0.15) is 24.8 Å².